The highest BCUT2D eigenvalue weighted by Crippen LogP contribution is 2.38. The first-order valence-corrected chi connectivity index (χ1v) is 21.0. The van der Waals surface area contributed by atoms with Crippen LogP contribution in [-0.2, 0) is 28.5 Å². The van der Waals surface area contributed by atoms with Gasteiger partial charge in [0.05, 0.1) is 29.6 Å². The Kier molecular flexibility index (Phi) is 18.2. The predicted octanol–water partition coefficient (Wildman–Crippen LogP) is 7.48. The Morgan fingerprint density at radius 2 is 1.05 bits per heavy atom. The summed E-state index contributed by atoms with van der Waals surface area (Å²) in [5, 5.41) is 23.4. The maximum Gasteiger partial charge on any atom is 0.411 e. The van der Waals surface area contributed by atoms with Gasteiger partial charge in [0.15, 0.2) is 0 Å². The third kappa shape index (κ3) is 12.6. The van der Waals surface area contributed by atoms with Crippen molar-refractivity contribution in [3.8, 4) is 0 Å². The number of piperazine rings is 2. The van der Waals surface area contributed by atoms with E-state index in [1.807, 2.05) is 0 Å². The first-order valence-electron chi connectivity index (χ1n) is 19.7. The number of hydrogen-bond donors (Lipinski definition) is 0. The number of carbonyl (C=O) groups excluding carboxylic acids is 6. The van der Waals surface area contributed by atoms with Gasteiger partial charge in [0.2, 0.25) is 11.8 Å². The molecule has 4 rings (SSSR count). The van der Waals surface area contributed by atoms with Gasteiger partial charge in [-0.3, -0.25) is 39.6 Å². The van der Waals surface area contributed by atoms with Crippen LogP contribution in [0.25, 0.3) is 0 Å². The molecule has 2 heterocycles. The van der Waals surface area contributed by atoms with Crippen LogP contribution in [0, 0.1) is 37.9 Å². The van der Waals surface area contributed by atoms with Crippen molar-refractivity contribution in [1.29, 1.82) is 0 Å². The Hall–Kier alpha value is -6.06. The quantitative estimate of drug-likeness (QED) is 0.0779. The molecule has 4 amide bonds. The summed E-state index contributed by atoms with van der Waals surface area (Å²) in [5.74, 6) is -4.50. The number of ether oxygens (including phenoxy) is 4. The molecule has 2 fully saturated rings. The van der Waals surface area contributed by atoms with Crippen LogP contribution in [0.4, 0.5) is 36.7 Å². The van der Waals surface area contributed by atoms with E-state index >= 15 is 0 Å². The summed E-state index contributed by atoms with van der Waals surface area (Å²) in [6, 6.07) is 2.28. The maximum atomic E-state index is 14.5. The van der Waals surface area contributed by atoms with E-state index in [-0.39, 0.29) is 68.1 Å². The molecule has 2 atom stereocenters. The molecule has 0 aromatic heterocycles. The lowest BCUT2D eigenvalue weighted by Crippen LogP contribution is -2.61. The highest BCUT2D eigenvalue weighted by molar-refractivity contribution is 7.98. The van der Waals surface area contributed by atoms with Crippen molar-refractivity contribution in [2.24, 2.45) is 11.8 Å². The molecular formula is C42H59FN6O14S. The number of methoxy groups -OCH3 is 2. The summed E-state index contributed by atoms with van der Waals surface area (Å²) >= 11 is 1.21. The van der Waals surface area contributed by atoms with E-state index in [2.05, 4.69) is 4.74 Å². The lowest BCUT2D eigenvalue weighted by molar-refractivity contribution is -0.384. The first kappa shape index (κ1) is 54.1. The molecule has 2 aromatic carbocycles. The lowest BCUT2D eigenvalue weighted by atomic mass is 9.98. The van der Waals surface area contributed by atoms with Crippen molar-refractivity contribution in [2.75, 3.05) is 56.5 Å². The topological polar surface area (TPSA) is 239 Å². The normalized spacial score (nSPS) is 16.7. The van der Waals surface area contributed by atoms with Gasteiger partial charge in [-0.15, -0.1) is 11.8 Å². The molecule has 2 aromatic rings. The summed E-state index contributed by atoms with van der Waals surface area (Å²) in [7, 11) is 2.22. The molecule has 22 heteroatoms. The monoisotopic (exact) mass is 922 g/mol. The minimum absolute atomic E-state index is 0. The second-order valence-corrected chi connectivity index (χ2v) is 17.9. The van der Waals surface area contributed by atoms with Crippen molar-refractivity contribution in [3.05, 3.63) is 61.4 Å². The summed E-state index contributed by atoms with van der Waals surface area (Å²) in [5.41, 5.74) is -3.29. The molecule has 354 valence electrons. The first-order chi connectivity index (χ1) is 29.1. The number of carbonyl (C=O) groups is 6. The molecule has 20 nitrogen and oxygen atoms in total. The zero-order chi connectivity index (χ0) is 48.0. The molecule has 64 heavy (non-hydrogen) atoms. The van der Waals surface area contributed by atoms with E-state index in [1.165, 1.54) is 39.6 Å². The van der Waals surface area contributed by atoms with Gasteiger partial charge >= 0.3 is 24.1 Å². The minimum atomic E-state index is -1.08. The van der Waals surface area contributed by atoms with Gasteiger partial charge in [-0.2, -0.15) is 0 Å². The van der Waals surface area contributed by atoms with Gasteiger partial charge in [0, 0.05) is 49.3 Å². The Balaban J connectivity index is 0.000000434. The number of nitrogens with zero attached hydrogens (tertiary/aromatic N) is 6. The molecule has 0 radical (unpaired) electrons. The smallest absolute Gasteiger partial charge is 0.411 e. The van der Waals surface area contributed by atoms with E-state index in [9.17, 15) is 53.4 Å². The average molecular weight is 923 g/mol. The number of nitro groups is 2. The lowest BCUT2D eigenvalue weighted by Gasteiger charge is -2.42. The number of benzene rings is 2. The van der Waals surface area contributed by atoms with Crippen LogP contribution in [0.15, 0.2) is 29.2 Å². The van der Waals surface area contributed by atoms with E-state index in [4.69, 9.17) is 14.2 Å². The molecular weight excluding hydrogens is 864 g/mol. The third-order valence-corrected chi connectivity index (χ3v) is 10.3. The van der Waals surface area contributed by atoms with Crippen molar-refractivity contribution in [2.45, 2.75) is 105 Å². The van der Waals surface area contributed by atoms with Crippen LogP contribution in [-0.4, -0.2) is 126 Å². The zero-order valence-electron chi connectivity index (χ0n) is 37.6. The molecule has 0 unspecified atom stereocenters. The Labute approximate surface area is 375 Å². The maximum absolute atomic E-state index is 14.5. The largest absolute Gasteiger partial charge is 0.465 e. The number of halogens is 1. The third-order valence-electron chi connectivity index (χ3n) is 9.50. The Morgan fingerprint density at radius 3 is 1.38 bits per heavy atom. The summed E-state index contributed by atoms with van der Waals surface area (Å²) in [6.07, 6.45) is 0.432. The van der Waals surface area contributed by atoms with Crippen LogP contribution in [0.3, 0.4) is 0 Å². The molecule has 2 aliphatic rings. The fraction of sp³-hybridized carbons (Fsp3) is 0.571. The molecule has 2 saturated heterocycles. The van der Waals surface area contributed by atoms with Gasteiger partial charge in [0.1, 0.15) is 46.0 Å². The molecule has 0 saturated carbocycles. The SMILES string of the molecule is C.COC(=O)c1cc([N+](=O)[O-])c(N2CCN(C(=O)OC(C)(C)C)[C@H](C(C)C)C2=O)cc1F.COC(=O)c1cc([N+](=O)[O-])c(N2CCN(C(=O)OC(C)(C)C)[C@H](C(C)C)C2=O)cc1SC. The highest BCUT2D eigenvalue weighted by Gasteiger charge is 2.45. The van der Waals surface area contributed by atoms with Gasteiger partial charge in [-0.25, -0.2) is 23.6 Å². The fourth-order valence-corrected chi connectivity index (χ4v) is 7.45. The van der Waals surface area contributed by atoms with Gasteiger partial charge in [-0.05, 0) is 65.7 Å². The van der Waals surface area contributed by atoms with Crippen molar-refractivity contribution in [3.63, 3.8) is 0 Å². The number of esters is 2. The minimum Gasteiger partial charge on any atom is -0.465 e. The van der Waals surface area contributed by atoms with Gasteiger partial charge in [0.25, 0.3) is 11.4 Å². The predicted molar refractivity (Wildman–Crippen MR) is 235 cm³/mol. The number of nitro benzene ring substituents is 2. The molecule has 2 aliphatic heterocycles. The van der Waals surface area contributed by atoms with E-state index in [0.717, 1.165) is 30.2 Å². The number of anilines is 2. The summed E-state index contributed by atoms with van der Waals surface area (Å²) in [6.45, 7) is 17.5. The number of thioether (sulfide) groups is 1. The summed E-state index contributed by atoms with van der Waals surface area (Å²) in [4.78, 5) is 103. The second-order valence-electron chi connectivity index (χ2n) is 17.1. The number of rotatable bonds is 9. The second kappa shape index (κ2) is 21.5. The average Bonchev–Trinajstić information content (AvgIpc) is 3.17. The van der Waals surface area contributed by atoms with E-state index < -0.39 is 86.1 Å². The van der Waals surface area contributed by atoms with Crippen LogP contribution in [0.1, 0.15) is 97.4 Å². The molecule has 0 spiro atoms. The fourth-order valence-electron chi connectivity index (χ4n) is 6.86. The van der Waals surface area contributed by atoms with Crippen molar-refractivity contribution < 1.29 is 62.0 Å². The van der Waals surface area contributed by atoms with Gasteiger partial charge in [-0.1, -0.05) is 35.1 Å². The zero-order valence-corrected chi connectivity index (χ0v) is 38.4. The molecule has 0 aliphatic carbocycles. The standard InChI is InChI=1S/C21H29N3O7S.C20H26FN3O7.CH4/c1-12(2)17-18(25)22(8-9-23(17)20(27)31-21(3,4)5)14-11-16(32-7)13(19(26)30-6)10-15(14)24(28)29;1-11(2)16-17(25)22(7-8-23(16)19(27)31-20(3,4)5)14-10-13(21)12(18(26)30-6)9-15(14)24(28)29;/h10-12,17H,8-9H2,1-7H3;9-11,16H,7-8H2,1-6H3;1H4/t17-;16-;/m11./s1. The van der Waals surface area contributed by atoms with E-state index in [1.54, 1.807) is 75.5 Å². The number of hydrogen-bond acceptors (Lipinski definition) is 15. The van der Waals surface area contributed by atoms with Crippen LogP contribution < -0.4 is 9.80 Å². The van der Waals surface area contributed by atoms with Crippen molar-refractivity contribution in [1.82, 2.24) is 9.80 Å². The molecule has 0 bridgehead atoms. The number of amides is 4. The van der Waals surface area contributed by atoms with E-state index in [0.29, 0.717) is 4.90 Å². The highest BCUT2D eigenvalue weighted by atomic mass is 32.2. The summed E-state index contributed by atoms with van der Waals surface area (Å²) < 4.78 is 34.5. The van der Waals surface area contributed by atoms with Crippen LogP contribution in [0.5, 0.6) is 0 Å². The van der Waals surface area contributed by atoms with Crippen LogP contribution >= 0.6 is 11.8 Å². The van der Waals surface area contributed by atoms with Gasteiger partial charge < -0.3 is 28.7 Å². The van der Waals surface area contributed by atoms with Crippen LogP contribution in [0.2, 0.25) is 0 Å². The van der Waals surface area contributed by atoms with Crippen molar-refractivity contribution >= 4 is 70.5 Å². The Bertz CT molecular complexity index is 2140. The Morgan fingerprint density at radius 1 is 0.688 bits per heavy atom. The molecule has 0 N–H and O–H groups in total.